The van der Waals surface area contributed by atoms with Gasteiger partial charge in [0, 0.05) is 12.1 Å². The minimum atomic E-state index is -0.297. The van der Waals surface area contributed by atoms with Gasteiger partial charge in [-0.15, -0.1) is 0 Å². The molecule has 3 heteroatoms. The Balaban J connectivity index is 1.57. The Morgan fingerprint density at radius 1 is 0.800 bits per heavy atom. The molecule has 25 heavy (non-hydrogen) atoms. The Labute approximate surface area is 148 Å². The monoisotopic (exact) mass is 333 g/mol. The van der Waals surface area contributed by atoms with Gasteiger partial charge >= 0.3 is 0 Å². The first-order chi connectivity index (χ1) is 12.1. The first kappa shape index (κ1) is 15.1. The maximum atomic E-state index is 11.0. The molecule has 3 nitrogen and oxygen atoms in total. The fourth-order valence-electron chi connectivity index (χ4n) is 6.67. The largest absolute Gasteiger partial charge is 0.269 e. The maximum Gasteiger partial charge on any atom is 0.269 e. The third-order valence-corrected chi connectivity index (χ3v) is 7.14. The Hall–Kier alpha value is -2.16. The van der Waals surface area contributed by atoms with Crippen molar-refractivity contribution in [3.8, 4) is 0 Å². The number of nitro benzene ring substituents is 1. The summed E-state index contributed by atoms with van der Waals surface area (Å²) in [5.74, 6) is 1.60. The fourth-order valence-corrected chi connectivity index (χ4v) is 6.67. The van der Waals surface area contributed by atoms with Crippen LogP contribution in [0.3, 0.4) is 0 Å². The van der Waals surface area contributed by atoms with Crippen LogP contribution in [0.4, 0.5) is 5.69 Å². The van der Waals surface area contributed by atoms with Crippen molar-refractivity contribution in [1.29, 1.82) is 0 Å². The molecule has 2 aromatic rings. The molecule has 0 amide bonds. The van der Waals surface area contributed by atoms with Gasteiger partial charge in [0.15, 0.2) is 0 Å². The average Bonchev–Trinajstić information content (AvgIpc) is 2.61. The molecule has 6 rings (SSSR count). The van der Waals surface area contributed by atoms with Crippen molar-refractivity contribution in [2.75, 3.05) is 0 Å². The molecular formula is C22H23NO2. The molecule has 0 heterocycles. The molecule has 4 saturated carbocycles. The third-order valence-electron chi connectivity index (χ3n) is 7.14. The van der Waals surface area contributed by atoms with Crippen molar-refractivity contribution >= 4 is 5.69 Å². The Morgan fingerprint density at radius 2 is 1.32 bits per heavy atom. The summed E-state index contributed by atoms with van der Waals surface area (Å²) in [5, 5.41) is 11.0. The number of benzene rings is 2. The smallest absolute Gasteiger partial charge is 0.258 e. The van der Waals surface area contributed by atoms with Crippen LogP contribution in [0.15, 0.2) is 54.6 Å². The van der Waals surface area contributed by atoms with E-state index in [1.54, 1.807) is 12.1 Å². The molecule has 4 bridgehead atoms. The van der Waals surface area contributed by atoms with E-state index in [1.165, 1.54) is 49.7 Å². The van der Waals surface area contributed by atoms with E-state index < -0.39 is 0 Å². The lowest BCUT2D eigenvalue weighted by molar-refractivity contribution is -0.384. The zero-order valence-corrected chi connectivity index (χ0v) is 14.4. The van der Waals surface area contributed by atoms with Crippen LogP contribution in [0.5, 0.6) is 0 Å². The van der Waals surface area contributed by atoms with Gasteiger partial charge in [0.2, 0.25) is 0 Å². The SMILES string of the molecule is O=[N+]([O-])c1ccc(C23C[C@H]4C[C@@H](CC(c5ccccc5)(C4)C2)C3)cc1. The van der Waals surface area contributed by atoms with E-state index >= 15 is 0 Å². The van der Waals surface area contributed by atoms with Crippen LogP contribution in [0.1, 0.15) is 49.7 Å². The van der Waals surface area contributed by atoms with Gasteiger partial charge in [-0.3, -0.25) is 10.1 Å². The zero-order valence-electron chi connectivity index (χ0n) is 14.4. The second-order valence-electron chi connectivity index (χ2n) is 8.69. The highest BCUT2D eigenvalue weighted by atomic mass is 16.6. The molecule has 0 unspecified atom stereocenters. The van der Waals surface area contributed by atoms with E-state index in [0.717, 1.165) is 11.8 Å². The van der Waals surface area contributed by atoms with E-state index in [0.29, 0.717) is 5.41 Å². The molecule has 0 spiro atoms. The number of hydrogen-bond donors (Lipinski definition) is 0. The van der Waals surface area contributed by atoms with Gasteiger partial charge in [-0.05, 0) is 72.3 Å². The first-order valence-electron chi connectivity index (χ1n) is 9.39. The molecule has 0 saturated heterocycles. The van der Waals surface area contributed by atoms with Crippen molar-refractivity contribution in [2.24, 2.45) is 11.8 Å². The summed E-state index contributed by atoms with van der Waals surface area (Å²) in [5.41, 5.74) is 3.57. The first-order valence-corrected chi connectivity index (χ1v) is 9.39. The highest BCUT2D eigenvalue weighted by Crippen LogP contribution is 2.66. The standard InChI is InChI=1S/C22H23NO2/c24-23(25)20-8-6-19(7-9-20)22-13-16-10-17(14-22)12-21(11-16,15-22)18-4-2-1-3-5-18/h1-9,16-17H,10-15H2/t16-,17-,21?,22?/m0/s1. The van der Waals surface area contributed by atoms with Gasteiger partial charge in [0.05, 0.1) is 4.92 Å². The van der Waals surface area contributed by atoms with Crippen molar-refractivity contribution < 1.29 is 4.92 Å². The van der Waals surface area contributed by atoms with Crippen molar-refractivity contribution in [3.05, 3.63) is 75.8 Å². The van der Waals surface area contributed by atoms with Crippen molar-refractivity contribution in [2.45, 2.75) is 49.4 Å². The average molecular weight is 333 g/mol. The Bertz CT molecular complexity index is 798. The highest BCUT2D eigenvalue weighted by molar-refractivity contribution is 5.41. The van der Waals surface area contributed by atoms with Gasteiger partial charge in [-0.25, -0.2) is 0 Å². The van der Waals surface area contributed by atoms with Gasteiger partial charge in [-0.1, -0.05) is 42.5 Å². The Morgan fingerprint density at radius 3 is 1.84 bits per heavy atom. The van der Waals surface area contributed by atoms with E-state index in [2.05, 4.69) is 30.3 Å². The zero-order chi connectivity index (χ0) is 17.1. The van der Waals surface area contributed by atoms with Gasteiger partial charge in [-0.2, -0.15) is 0 Å². The van der Waals surface area contributed by atoms with Crippen LogP contribution in [0.2, 0.25) is 0 Å². The molecule has 0 aromatic heterocycles. The summed E-state index contributed by atoms with van der Waals surface area (Å²) in [7, 11) is 0. The molecule has 128 valence electrons. The highest BCUT2D eigenvalue weighted by Gasteiger charge is 2.58. The summed E-state index contributed by atoms with van der Waals surface area (Å²) in [6.45, 7) is 0. The van der Waals surface area contributed by atoms with Crippen LogP contribution < -0.4 is 0 Å². The predicted molar refractivity (Wildman–Crippen MR) is 97.6 cm³/mol. The second-order valence-corrected chi connectivity index (χ2v) is 8.69. The van der Waals surface area contributed by atoms with Crippen LogP contribution in [0.25, 0.3) is 0 Å². The van der Waals surface area contributed by atoms with E-state index in [4.69, 9.17) is 0 Å². The fraction of sp³-hybridized carbons (Fsp3) is 0.455. The van der Waals surface area contributed by atoms with Crippen LogP contribution in [0, 0.1) is 22.0 Å². The molecule has 4 aliphatic rings. The lowest BCUT2D eigenvalue weighted by Gasteiger charge is -2.62. The second kappa shape index (κ2) is 5.17. The number of nitrogens with zero attached hydrogens (tertiary/aromatic N) is 1. The third kappa shape index (κ3) is 2.25. The summed E-state index contributed by atoms with van der Waals surface area (Å²) >= 11 is 0. The minimum Gasteiger partial charge on any atom is -0.258 e. The lowest BCUT2D eigenvalue weighted by atomic mass is 9.42. The number of rotatable bonds is 3. The lowest BCUT2D eigenvalue weighted by Crippen LogP contribution is -2.55. The molecule has 4 aliphatic carbocycles. The van der Waals surface area contributed by atoms with Crippen molar-refractivity contribution in [1.82, 2.24) is 0 Å². The van der Waals surface area contributed by atoms with Crippen LogP contribution >= 0.6 is 0 Å². The van der Waals surface area contributed by atoms with Crippen LogP contribution in [-0.4, -0.2) is 4.92 Å². The van der Waals surface area contributed by atoms with E-state index in [1.807, 2.05) is 12.1 Å². The molecule has 2 atom stereocenters. The summed E-state index contributed by atoms with van der Waals surface area (Å²) in [4.78, 5) is 10.7. The number of non-ortho nitro benzene ring substituents is 1. The molecule has 0 N–H and O–H groups in total. The van der Waals surface area contributed by atoms with Crippen LogP contribution in [-0.2, 0) is 10.8 Å². The van der Waals surface area contributed by atoms with E-state index in [-0.39, 0.29) is 16.0 Å². The number of hydrogen-bond acceptors (Lipinski definition) is 2. The Kier molecular flexibility index (Phi) is 3.13. The van der Waals surface area contributed by atoms with Crippen molar-refractivity contribution in [3.63, 3.8) is 0 Å². The summed E-state index contributed by atoms with van der Waals surface area (Å²) in [6.07, 6.45) is 7.74. The topological polar surface area (TPSA) is 43.1 Å². The predicted octanol–water partition coefficient (Wildman–Crippen LogP) is 5.38. The van der Waals surface area contributed by atoms with Gasteiger partial charge in [0.25, 0.3) is 5.69 Å². The molecular weight excluding hydrogens is 310 g/mol. The molecule has 2 aromatic carbocycles. The minimum absolute atomic E-state index is 0.200. The number of nitro groups is 1. The summed E-state index contributed by atoms with van der Waals surface area (Å²) < 4.78 is 0. The summed E-state index contributed by atoms with van der Waals surface area (Å²) in [6, 6.07) is 18.5. The van der Waals surface area contributed by atoms with Gasteiger partial charge in [0.1, 0.15) is 0 Å². The molecule has 4 fully saturated rings. The van der Waals surface area contributed by atoms with Gasteiger partial charge < -0.3 is 0 Å². The maximum absolute atomic E-state index is 11.0. The molecule has 0 aliphatic heterocycles. The quantitative estimate of drug-likeness (QED) is 0.559. The normalized spacial score (nSPS) is 35.7. The van der Waals surface area contributed by atoms with E-state index in [9.17, 15) is 10.1 Å². The molecule has 0 radical (unpaired) electrons.